The van der Waals surface area contributed by atoms with Crippen LogP contribution in [-0.4, -0.2) is 18.2 Å². The van der Waals surface area contributed by atoms with Gasteiger partial charge in [-0.1, -0.05) is 45.2 Å². The molecule has 0 atom stereocenters. The molecule has 0 spiro atoms. The number of carboxylic acid groups (broad SMARTS) is 1. The van der Waals surface area contributed by atoms with Crippen LogP contribution in [0.4, 0.5) is 10.1 Å². The maximum Gasteiger partial charge on any atom is 0.337 e. The molecule has 3 aromatic carbocycles. The molecule has 0 aliphatic heterocycles. The van der Waals surface area contributed by atoms with E-state index in [4.69, 9.17) is 32.7 Å². The normalized spacial score (nSPS) is 10.6. The largest absolute Gasteiger partial charge is 0.493 e. The van der Waals surface area contributed by atoms with Gasteiger partial charge in [-0.05, 0) is 42.5 Å². The Morgan fingerprint density at radius 3 is 2.58 bits per heavy atom. The average Bonchev–Trinajstić information content (AvgIpc) is 2.73. The lowest BCUT2D eigenvalue weighted by atomic mass is 10.1. The third kappa shape index (κ3) is 5.61. The lowest BCUT2D eigenvalue weighted by Gasteiger charge is -2.18. The van der Waals surface area contributed by atoms with Crippen LogP contribution in [0.3, 0.4) is 0 Å². The van der Waals surface area contributed by atoms with Gasteiger partial charge in [0.2, 0.25) is 0 Å². The van der Waals surface area contributed by atoms with Crippen LogP contribution in [0.25, 0.3) is 0 Å². The molecule has 3 rings (SSSR count). The molecule has 0 bridgehead atoms. The van der Waals surface area contributed by atoms with Crippen molar-refractivity contribution in [1.82, 2.24) is 0 Å². The minimum atomic E-state index is -1.11. The maximum atomic E-state index is 13.3. The first kappa shape index (κ1) is 23.2. The lowest BCUT2D eigenvalue weighted by molar-refractivity contribution is 0.0697. The highest BCUT2D eigenvalue weighted by atomic mass is 79.9. The Bertz CT molecular complexity index is 1130. The number of anilines is 1. The minimum Gasteiger partial charge on any atom is -0.493 e. The number of rotatable bonds is 8. The molecule has 0 saturated heterocycles. The predicted molar refractivity (Wildman–Crippen MR) is 122 cm³/mol. The summed E-state index contributed by atoms with van der Waals surface area (Å²) in [5, 5.41) is 12.8. The number of methoxy groups -OCH3 is 1. The van der Waals surface area contributed by atoms with Gasteiger partial charge in [0.05, 0.1) is 22.7 Å². The smallest absolute Gasteiger partial charge is 0.337 e. The summed E-state index contributed by atoms with van der Waals surface area (Å²) in [4.78, 5) is 11.3. The fourth-order valence-electron chi connectivity index (χ4n) is 2.84. The molecule has 162 valence electrons. The Morgan fingerprint density at radius 1 is 1.13 bits per heavy atom. The SMILES string of the molecule is COc1ccc(Br)c(CNc2ccc(Cl)c(C(=O)O)c2)c1OCc1ccc(F)cc1Cl. The van der Waals surface area contributed by atoms with Gasteiger partial charge in [0, 0.05) is 27.8 Å². The van der Waals surface area contributed by atoms with Crippen LogP contribution in [-0.2, 0) is 13.2 Å². The predicted octanol–water partition coefficient (Wildman–Crippen LogP) is 6.79. The Morgan fingerprint density at radius 2 is 1.90 bits per heavy atom. The van der Waals surface area contributed by atoms with Gasteiger partial charge in [-0.25, -0.2) is 9.18 Å². The zero-order valence-electron chi connectivity index (χ0n) is 16.2. The lowest BCUT2D eigenvalue weighted by Crippen LogP contribution is -2.07. The number of hydrogen-bond acceptors (Lipinski definition) is 4. The number of halogens is 4. The molecule has 5 nitrogen and oxygen atoms in total. The zero-order valence-corrected chi connectivity index (χ0v) is 19.3. The Labute approximate surface area is 196 Å². The van der Waals surface area contributed by atoms with E-state index in [1.807, 2.05) is 6.07 Å². The zero-order chi connectivity index (χ0) is 22.5. The van der Waals surface area contributed by atoms with Crippen molar-refractivity contribution < 1.29 is 23.8 Å². The third-order valence-corrected chi connectivity index (χ3v) is 5.86. The van der Waals surface area contributed by atoms with Crippen molar-refractivity contribution in [3.63, 3.8) is 0 Å². The number of nitrogens with one attached hydrogen (secondary N) is 1. The average molecular weight is 529 g/mol. The van der Waals surface area contributed by atoms with E-state index in [1.54, 1.807) is 18.2 Å². The highest BCUT2D eigenvalue weighted by molar-refractivity contribution is 9.10. The van der Waals surface area contributed by atoms with Gasteiger partial charge in [0.15, 0.2) is 11.5 Å². The molecular formula is C22H17BrCl2FNO4. The summed E-state index contributed by atoms with van der Waals surface area (Å²) in [6, 6.07) is 12.3. The van der Waals surface area contributed by atoms with Gasteiger partial charge < -0.3 is 19.9 Å². The van der Waals surface area contributed by atoms with Crippen LogP contribution in [0.15, 0.2) is 53.0 Å². The van der Waals surface area contributed by atoms with Gasteiger partial charge in [-0.3, -0.25) is 0 Å². The molecule has 3 aromatic rings. The molecule has 0 amide bonds. The summed E-state index contributed by atoms with van der Waals surface area (Å²) in [6.45, 7) is 0.397. The van der Waals surface area contributed by atoms with Crippen molar-refractivity contribution in [3.05, 3.63) is 85.6 Å². The van der Waals surface area contributed by atoms with E-state index >= 15 is 0 Å². The fraction of sp³-hybridized carbons (Fsp3) is 0.136. The van der Waals surface area contributed by atoms with Crippen molar-refractivity contribution in [1.29, 1.82) is 0 Å². The van der Waals surface area contributed by atoms with E-state index in [9.17, 15) is 14.3 Å². The number of benzene rings is 3. The molecule has 0 aromatic heterocycles. The van der Waals surface area contributed by atoms with Gasteiger partial charge >= 0.3 is 5.97 Å². The van der Waals surface area contributed by atoms with Crippen molar-refractivity contribution in [3.8, 4) is 11.5 Å². The summed E-state index contributed by atoms with van der Waals surface area (Å²) in [6.07, 6.45) is 0. The van der Waals surface area contributed by atoms with Crippen molar-refractivity contribution in [2.24, 2.45) is 0 Å². The molecule has 2 N–H and O–H groups in total. The van der Waals surface area contributed by atoms with Crippen LogP contribution in [0.1, 0.15) is 21.5 Å². The second kappa shape index (κ2) is 10.2. The number of aromatic carboxylic acids is 1. The highest BCUT2D eigenvalue weighted by Crippen LogP contribution is 2.38. The van der Waals surface area contributed by atoms with E-state index < -0.39 is 11.8 Å². The van der Waals surface area contributed by atoms with E-state index in [1.165, 1.54) is 31.4 Å². The van der Waals surface area contributed by atoms with Crippen LogP contribution in [0.2, 0.25) is 10.0 Å². The molecule has 0 radical (unpaired) electrons. The molecule has 0 heterocycles. The first-order chi connectivity index (χ1) is 14.8. The molecule has 31 heavy (non-hydrogen) atoms. The standard InChI is InChI=1S/C22H17BrCl2FNO4/c1-30-20-7-5-17(23)16(10-27-14-4-6-18(24)15(9-14)22(28)29)21(20)31-11-12-2-3-13(26)8-19(12)25/h2-9,27H,10-11H2,1H3,(H,28,29). The molecule has 0 fully saturated rings. The third-order valence-electron chi connectivity index (χ3n) is 4.44. The number of ether oxygens (including phenoxy) is 2. The second-order valence-corrected chi connectivity index (χ2v) is 8.10. The topological polar surface area (TPSA) is 67.8 Å². The van der Waals surface area contributed by atoms with Gasteiger partial charge in [0.25, 0.3) is 0 Å². The monoisotopic (exact) mass is 527 g/mol. The van der Waals surface area contributed by atoms with Crippen LogP contribution in [0.5, 0.6) is 11.5 Å². The molecule has 0 unspecified atom stereocenters. The van der Waals surface area contributed by atoms with E-state index in [0.29, 0.717) is 29.3 Å². The fourth-order valence-corrected chi connectivity index (χ4v) is 3.72. The van der Waals surface area contributed by atoms with Gasteiger partial charge in [-0.15, -0.1) is 0 Å². The van der Waals surface area contributed by atoms with Crippen LogP contribution >= 0.6 is 39.1 Å². The summed E-state index contributed by atoms with van der Waals surface area (Å²) in [5.74, 6) is -0.573. The number of carbonyl (C=O) groups is 1. The van der Waals surface area contributed by atoms with Crippen LogP contribution < -0.4 is 14.8 Å². The van der Waals surface area contributed by atoms with Crippen LogP contribution in [0, 0.1) is 5.82 Å². The number of carboxylic acids is 1. The summed E-state index contributed by atoms with van der Waals surface area (Å²) >= 11 is 15.6. The molecule has 0 saturated carbocycles. The number of hydrogen-bond donors (Lipinski definition) is 2. The Balaban J connectivity index is 1.86. The van der Waals surface area contributed by atoms with Crippen molar-refractivity contribution in [2.75, 3.05) is 12.4 Å². The van der Waals surface area contributed by atoms with E-state index in [2.05, 4.69) is 21.2 Å². The minimum absolute atomic E-state index is 0.00111. The molecule has 0 aliphatic carbocycles. The Kier molecular flexibility index (Phi) is 7.64. The van der Waals surface area contributed by atoms with E-state index in [0.717, 1.165) is 10.0 Å². The first-order valence-corrected chi connectivity index (χ1v) is 10.5. The quantitative estimate of drug-likeness (QED) is 0.337. The van der Waals surface area contributed by atoms with Gasteiger partial charge in [-0.2, -0.15) is 0 Å². The molecule has 0 aliphatic rings. The van der Waals surface area contributed by atoms with Crippen molar-refractivity contribution in [2.45, 2.75) is 13.2 Å². The summed E-state index contributed by atoms with van der Waals surface area (Å²) in [5.41, 5.74) is 1.93. The molecule has 9 heteroatoms. The summed E-state index contributed by atoms with van der Waals surface area (Å²) in [7, 11) is 1.52. The second-order valence-electron chi connectivity index (χ2n) is 6.44. The molecular weight excluding hydrogens is 512 g/mol. The maximum absolute atomic E-state index is 13.3. The Hall–Kier alpha value is -2.48. The highest BCUT2D eigenvalue weighted by Gasteiger charge is 2.16. The first-order valence-electron chi connectivity index (χ1n) is 8.99. The van der Waals surface area contributed by atoms with Gasteiger partial charge in [0.1, 0.15) is 12.4 Å². The summed E-state index contributed by atoms with van der Waals surface area (Å²) < 4.78 is 25.5. The van der Waals surface area contributed by atoms with E-state index in [-0.39, 0.29) is 22.2 Å². The van der Waals surface area contributed by atoms with Crippen molar-refractivity contribution >= 4 is 50.8 Å².